The van der Waals surface area contributed by atoms with Gasteiger partial charge in [0, 0.05) is 31.1 Å². The Bertz CT molecular complexity index is 986. The number of anilines is 1. The summed E-state index contributed by atoms with van der Waals surface area (Å²) < 4.78 is 15.1. The Balaban J connectivity index is 1.46. The number of amides is 2. The maximum absolute atomic E-state index is 15.1. The first-order chi connectivity index (χ1) is 14.8. The zero-order valence-corrected chi connectivity index (χ0v) is 17.5. The lowest BCUT2D eigenvalue weighted by Crippen LogP contribution is -2.49. The van der Waals surface area contributed by atoms with Crippen LogP contribution in [-0.2, 0) is 9.63 Å². The Hall–Kier alpha value is -3.14. The fraction of sp³-hybridized carbons (Fsp3) is 0.476. The minimum absolute atomic E-state index is 0.0533. The Morgan fingerprint density at radius 3 is 2.68 bits per heavy atom. The quantitative estimate of drug-likeness (QED) is 0.787. The number of piperidine rings is 1. The highest BCUT2D eigenvalue weighted by atomic mass is 19.1. The molecule has 4 heterocycles. The molecule has 2 N–H and O–H groups in total. The molecule has 2 aliphatic rings. The SMILES string of the molecule is Cc1ccc([C@@H]2CCON2C(=O)[C@H]2CCN(c3ncc(C)c(C(N)=O)n3)C[C@@H]2F)cn1. The molecule has 0 radical (unpaired) electrons. The molecule has 10 heteroatoms. The van der Waals surface area contributed by atoms with E-state index >= 15 is 4.39 Å². The number of hydrogen-bond acceptors (Lipinski definition) is 7. The third-order valence-corrected chi connectivity index (χ3v) is 5.77. The summed E-state index contributed by atoms with van der Waals surface area (Å²) in [5, 5.41) is 1.31. The number of carbonyl (C=O) groups is 2. The van der Waals surface area contributed by atoms with E-state index in [0.29, 0.717) is 25.1 Å². The van der Waals surface area contributed by atoms with Crippen molar-refractivity contribution in [3.8, 4) is 0 Å². The Labute approximate surface area is 179 Å². The molecular formula is C21H25FN6O3. The first-order valence-electron chi connectivity index (χ1n) is 10.3. The number of primary amides is 1. The molecule has 9 nitrogen and oxygen atoms in total. The van der Waals surface area contributed by atoms with E-state index in [-0.39, 0.29) is 36.6 Å². The predicted molar refractivity (Wildman–Crippen MR) is 110 cm³/mol. The van der Waals surface area contributed by atoms with Gasteiger partial charge in [-0.3, -0.25) is 19.4 Å². The van der Waals surface area contributed by atoms with Crippen LogP contribution >= 0.6 is 0 Å². The van der Waals surface area contributed by atoms with Gasteiger partial charge in [-0.2, -0.15) is 0 Å². The van der Waals surface area contributed by atoms with Crippen LogP contribution in [0.5, 0.6) is 0 Å². The Kier molecular flexibility index (Phi) is 5.81. The number of nitrogens with zero attached hydrogens (tertiary/aromatic N) is 5. The van der Waals surface area contributed by atoms with E-state index in [1.807, 2.05) is 19.1 Å². The maximum atomic E-state index is 15.1. The number of aryl methyl sites for hydroxylation is 2. The van der Waals surface area contributed by atoms with E-state index in [2.05, 4.69) is 15.0 Å². The molecule has 164 valence electrons. The zero-order chi connectivity index (χ0) is 22.1. The second-order valence-corrected chi connectivity index (χ2v) is 7.96. The monoisotopic (exact) mass is 428 g/mol. The van der Waals surface area contributed by atoms with Crippen LogP contribution in [0.4, 0.5) is 10.3 Å². The molecule has 0 spiro atoms. The molecule has 3 atom stereocenters. The van der Waals surface area contributed by atoms with Gasteiger partial charge in [0.1, 0.15) is 11.9 Å². The van der Waals surface area contributed by atoms with Crippen molar-refractivity contribution in [1.29, 1.82) is 0 Å². The van der Waals surface area contributed by atoms with E-state index in [1.165, 1.54) is 11.3 Å². The molecule has 0 saturated carbocycles. The second-order valence-electron chi connectivity index (χ2n) is 7.96. The predicted octanol–water partition coefficient (Wildman–Crippen LogP) is 1.66. The molecular weight excluding hydrogens is 403 g/mol. The van der Waals surface area contributed by atoms with Gasteiger partial charge in [0.15, 0.2) is 0 Å². The molecule has 0 unspecified atom stereocenters. The van der Waals surface area contributed by atoms with Crippen molar-refractivity contribution in [2.75, 3.05) is 24.6 Å². The lowest BCUT2D eigenvalue weighted by molar-refractivity contribution is -0.184. The summed E-state index contributed by atoms with van der Waals surface area (Å²) in [6.45, 7) is 4.30. The van der Waals surface area contributed by atoms with E-state index in [1.54, 1.807) is 18.0 Å². The van der Waals surface area contributed by atoms with Crippen LogP contribution in [0, 0.1) is 19.8 Å². The third-order valence-electron chi connectivity index (χ3n) is 5.77. The normalized spacial score (nSPS) is 23.8. The lowest BCUT2D eigenvalue weighted by atomic mass is 9.93. The van der Waals surface area contributed by atoms with Crippen molar-refractivity contribution in [2.24, 2.45) is 11.7 Å². The summed E-state index contributed by atoms with van der Waals surface area (Å²) in [6, 6.07) is 3.53. The van der Waals surface area contributed by atoms with Crippen molar-refractivity contribution in [1.82, 2.24) is 20.0 Å². The van der Waals surface area contributed by atoms with Gasteiger partial charge in [-0.1, -0.05) is 6.07 Å². The number of hydroxylamine groups is 2. The fourth-order valence-electron chi connectivity index (χ4n) is 4.03. The first kappa shape index (κ1) is 21.1. The number of pyridine rings is 1. The van der Waals surface area contributed by atoms with Crippen molar-refractivity contribution in [2.45, 2.75) is 38.9 Å². The number of alkyl halides is 1. The first-order valence-corrected chi connectivity index (χ1v) is 10.3. The average molecular weight is 428 g/mol. The third kappa shape index (κ3) is 4.20. The van der Waals surface area contributed by atoms with Crippen molar-refractivity contribution in [3.63, 3.8) is 0 Å². The van der Waals surface area contributed by atoms with Crippen LogP contribution in [0.15, 0.2) is 24.5 Å². The minimum Gasteiger partial charge on any atom is -0.364 e. The molecule has 2 fully saturated rings. The standard InChI is InChI=1S/C21H25FN6O3/c1-12-9-25-21(26-18(12)19(23)29)27-7-5-15(16(22)11-27)20(30)28-17(6-8-31-28)14-4-3-13(2)24-10-14/h3-4,9-10,15-17H,5-8,11H2,1-2H3,(H2,23,29)/t15-,16-,17-/m0/s1. The number of nitrogens with two attached hydrogens (primary N) is 1. The van der Waals surface area contributed by atoms with Crippen molar-refractivity contribution in [3.05, 3.63) is 47.0 Å². The van der Waals surface area contributed by atoms with Gasteiger partial charge >= 0.3 is 0 Å². The smallest absolute Gasteiger partial charge is 0.267 e. The number of aromatic nitrogens is 3. The molecule has 2 aromatic rings. The van der Waals surface area contributed by atoms with E-state index in [0.717, 1.165) is 11.3 Å². The highest BCUT2D eigenvalue weighted by molar-refractivity contribution is 5.92. The Morgan fingerprint density at radius 1 is 1.19 bits per heavy atom. The van der Waals surface area contributed by atoms with E-state index in [9.17, 15) is 9.59 Å². The highest BCUT2D eigenvalue weighted by Gasteiger charge is 2.42. The molecule has 4 rings (SSSR count). The summed E-state index contributed by atoms with van der Waals surface area (Å²) in [7, 11) is 0. The largest absolute Gasteiger partial charge is 0.364 e. The van der Waals surface area contributed by atoms with Crippen LogP contribution in [-0.4, -0.2) is 57.7 Å². The molecule has 2 saturated heterocycles. The summed E-state index contributed by atoms with van der Waals surface area (Å²) in [6.07, 6.45) is 2.71. The minimum atomic E-state index is -1.43. The molecule has 2 aromatic heterocycles. The van der Waals surface area contributed by atoms with Gasteiger partial charge < -0.3 is 10.6 Å². The van der Waals surface area contributed by atoms with Gasteiger partial charge in [0.2, 0.25) is 5.95 Å². The number of rotatable bonds is 4. The van der Waals surface area contributed by atoms with Crippen LogP contribution in [0.25, 0.3) is 0 Å². The van der Waals surface area contributed by atoms with Gasteiger partial charge in [-0.25, -0.2) is 19.4 Å². The number of hydrogen-bond donors (Lipinski definition) is 1. The zero-order valence-electron chi connectivity index (χ0n) is 17.5. The summed E-state index contributed by atoms with van der Waals surface area (Å²) in [5.41, 5.74) is 7.77. The van der Waals surface area contributed by atoms with Crippen LogP contribution < -0.4 is 10.6 Å². The maximum Gasteiger partial charge on any atom is 0.267 e. The van der Waals surface area contributed by atoms with Gasteiger partial charge in [-0.15, -0.1) is 0 Å². The van der Waals surface area contributed by atoms with E-state index < -0.39 is 18.0 Å². The Morgan fingerprint density at radius 2 is 2.00 bits per heavy atom. The van der Waals surface area contributed by atoms with E-state index in [4.69, 9.17) is 10.6 Å². The van der Waals surface area contributed by atoms with Gasteiger partial charge in [-0.05, 0) is 37.5 Å². The highest BCUT2D eigenvalue weighted by Crippen LogP contribution is 2.34. The molecule has 2 aliphatic heterocycles. The molecule has 0 aliphatic carbocycles. The number of carbonyl (C=O) groups excluding carboxylic acids is 2. The summed E-state index contributed by atoms with van der Waals surface area (Å²) >= 11 is 0. The van der Waals surface area contributed by atoms with Gasteiger partial charge in [0.25, 0.3) is 11.8 Å². The average Bonchev–Trinajstić information content (AvgIpc) is 3.24. The summed E-state index contributed by atoms with van der Waals surface area (Å²) in [4.78, 5) is 44.6. The second kappa shape index (κ2) is 8.54. The van der Waals surface area contributed by atoms with Crippen molar-refractivity contribution < 1.29 is 18.8 Å². The topological polar surface area (TPSA) is 115 Å². The number of halogens is 1. The molecule has 0 bridgehead atoms. The summed E-state index contributed by atoms with van der Waals surface area (Å²) in [5.74, 6) is -1.62. The van der Waals surface area contributed by atoms with Crippen LogP contribution in [0.3, 0.4) is 0 Å². The fourth-order valence-corrected chi connectivity index (χ4v) is 4.03. The molecule has 31 heavy (non-hydrogen) atoms. The van der Waals surface area contributed by atoms with Crippen molar-refractivity contribution >= 4 is 17.8 Å². The van der Waals surface area contributed by atoms with Crippen LogP contribution in [0.2, 0.25) is 0 Å². The molecule has 2 amide bonds. The lowest BCUT2D eigenvalue weighted by Gasteiger charge is -2.36. The van der Waals surface area contributed by atoms with Crippen LogP contribution in [0.1, 0.15) is 46.2 Å². The van der Waals surface area contributed by atoms with Gasteiger partial charge in [0.05, 0.1) is 25.1 Å². The molecule has 0 aromatic carbocycles.